The number of fused-ring (bicyclic) bond motifs is 2. The molecule has 2 fully saturated rings. The molecule has 3 heteroatoms. The van der Waals surface area contributed by atoms with Gasteiger partial charge in [-0.1, -0.05) is 48.9 Å². The molecule has 0 aliphatic carbocycles. The van der Waals surface area contributed by atoms with Gasteiger partial charge in [0.2, 0.25) is 0 Å². The average Bonchev–Trinajstić information content (AvgIpc) is 2.61. The third kappa shape index (κ3) is 3.47. The van der Waals surface area contributed by atoms with Gasteiger partial charge in [0.1, 0.15) is 12.4 Å². The van der Waals surface area contributed by atoms with Crippen LogP contribution in [0, 0.1) is 0 Å². The van der Waals surface area contributed by atoms with Gasteiger partial charge in [0.05, 0.1) is 5.60 Å². The highest BCUT2D eigenvalue weighted by Crippen LogP contribution is 2.49. The Balaban J connectivity index is 1.43. The minimum atomic E-state index is -0.654. The molecule has 24 heavy (non-hydrogen) atoms. The normalized spacial score (nSPS) is 29.2. The number of ether oxygens (including phenoxy) is 1. The Hall–Kier alpha value is -1.45. The lowest BCUT2D eigenvalue weighted by molar-refractivity contribution is 0.00809. The largest absolute Gasteiger partial charge is 0.489 e. The molecule has 0 saturated carbocycles. The van der Waals surface area contributed by atoms with Crippen LogP contribution >= 0.6 is 11.8 Å². The maximum absolute atomic E-state index is 11.2. The van der Waals surface area contributed by atoms with Crippen molar-refractivity contribution in [2.45, 2.75) is 54.8 Å². The quantitative estimate of drug-likeness (QED) is 0.858. The fraction of sp³-hybridized carbons (Fsp3) is 0.429. The summed E-state index contributed by atoms with van der Waals surface area (Å²) in [6, 6.07) is 18.3. The van der Waals surface area contributed by atoms with Crippen LogP contribution in [0.5, 0.6) is 5.75 Å². The summed E-state index contributed by atoms with van der Waals surface area (Å²) in [5.74, 6) is 0.858. The van der Waals surface area contributed by atoms with Crippen molar-refractivity contribution in [3.8, 4) is 5.75 Å². The molecule has 2 aromatic carbocycles. The summed E-state index contributed by atoms with van der Waals surface area (Å²) in [6.07, 6.45) is 5.60. The van der Waals surface area contributed by atoms with Gasteiger partial charge in [0, 0.05) is 10.5 Å². The van der Waals surface area contributed by atoms with Crippen molar-refractivity contribution in [3.63, 3.8) is 0 Å². The Labute approximate surface area is 148 Å². The molecular weight excluding hydrogens is 316 g/mol. The Morgan fingerprint density at radius 3 is 2.29 bits per heavy atom. The first kappa shape index (κ1) is 16.0. The van der Waals surface area contributed by atoms with Crippen molar-refractivity contribution in [3.05, 3.63) is 65.7 Å². The summed E-state index contributed by atoms with van der Waals surface area (Å²) < 4.78 is 5.86. The van der Waals surface area contributed by atoms with E-state index in [1.807, 2.05) is 42.5 Å². The van der Waals surface area contributed by atoms with Crippen LogP contribution in [0.1, 0.15) is 43.2 Å². The van der Waals surface area contributed by atoms with Crippen molar-refractivity contribution in [2.24, 2.45) is 0 Å². The third-order valence-electron chi connectivity index (χ3n) is 5.21. The monoisotopic (exact) mass is 340 g/mol. The van der Waals surface area contributed by atoms with Gasteiger partial charge in [-0.3, -0.25) is 0 Å². The topological polar surface area (TPSA) is 29.5 Å². The zero-order valence-corrected chi connectivity index (χ0v) is 14.7. The van der Waals surface area contributed by atoms with Gasteiger partial charge in [0.15, 0.2) is 0 Å². The van der Waals surface area contributed by atoms with E-state index in [9.17, 15) is 5.11 Å². The van der Waals surface area contributed by atoms with E-state index < -0.39 is 5.60 Å². The van der Waals surface area contributed by atoms with E-state index in [1.165, 1.54) is 19.3 Å². The third-order valence-corrected chi connectivity index (χ3v) is 6.78. The van der Waals surface area contributed by atoms with E-state index in [0.717, 1.165) is 29.7 Å². The second-order valence-corrected chi connectivity index (χ2v) is 8.65. The molecule has 126 valence electrons. The first-order valence-corrected chi connectivity index (χ1v) is 9.81. The molecule has 2 unspecified atom stereocenters. The average molecular weight is 340 g/mol. The predicted molar refractivity (Wildman–Crippen MR) is 99.4 cm³/mol. The van der Waals surface area contributed by atoms with E-state index in [1.54, 1.807) is 0 Å². The van der Waals surface area contributed by atoms with Crippen LogP contribution in [0.3, 0.4) is 0 Å². The zero-order valence-electron chi connectivity index (χ0n) is 13.9. The van der Waals surface area contributed by atoms with Crippen molar-refractivity contribution in [1.29, 1.82) is 0 Å². The summed E-state index contributed by atoms with van der Waals surface area (Å²) >= 11 is 2.09. The van der Waals surface area contributed by atoms with Crippen LogP contribution < -0.4 is 4.74 Å². The highest BCUT2D eigenvalue weighted by molar-refractivity contribution is 8.00. The van der Waals surface area contributed by atoms with Gasteiger partial charge in [-0.25, -0.2) is 0 Å². The molecule has 2 aliphatic rings. The van der Waals surface area contributed by atoms with Gasteiger partial charge in [-0.05, 0) is 48.9 Å². The van der Waals surface area contributed by atoms with Crippen LogP contribution in [-0.2, 0) is 12.2 Å². The Morgan fingerprint density at radius 2 is 1.62 bits per heavy atom. The van der Waals surface area contributed by atoms with Crippen LogP contribution in [0.15, 0.2) is 54.6 Å². The lowest BCUT2D eigenvalue weighted by Crippen LogP contribution is -2.40. The lowest BCUT2D eigenvalue weighted by Gasteiger charge is -2.44. The molecule has 2 heterocycles. The fourth-order valence-corrected chi connectivity index (χ4v) is 5.85. The van der Waals surface area contributed by atoms with E-state index in [4.69, 9.17) is 4.74 Å². The Kier molecular flexibility index (Phi) is 4.55. The predicted octanol–water partition coefficient (Wildman–Crippen LogP) is 4.90. The molecule has 1 N–H and O–H groups in total. The molecule has 0 spiro atoms. The van der Waals surface area contributed by atoms with E-state index in [-0.39, 0.29) is 0 Å². The first-order valence-electron chi connectivity index (χ1n) is 8.86. The molecule has 2 bridgehead atoms. The molecule has 0 radical (unpaired) electrons. The van der Waals surface area contributed by atoms with Gasteiger partial charge in [-0.2, -0.15) is 11.8 Å². The Bertz CT molecular complexity index is 656. The van der Waals surface area contributed by atoms with Crippen molar-refractivity contribution in [1.82, 2.24) is 0 Å². The second kappa shape index (κ2) is 6.81. The first-order chi connectivity index (χ1) is 11.7. The number of hydrogen-bond donors (Lipinski definition) is 1. The van der Waals surface area contributed by atoms with Crippen LogP contribution in [0.25, 0.3) is 0 Å². The summed E-state index contributed by atoms with van der Waals surface area (Å²) in [6.45, 7) is 0.575. The molecule has 2 nitrogen and oxygen atoms in total. The minimum absolute atomic E-state index is 0.575. The van der Waals surface area contributed by atoms with Crippen LogP contribution in [-0.4, -0.2) is 15.6 Å². The standard InChI is InChI=1S/C21H24O2S/c22-21(13-19-7-4-8-20(14-21)24-19)17-9-11-18(12-10-17)23-15-16-5-2-1-3-6-16/h1-3,5-6,9-12,19-20,22H,4,7-8,13-15H2. The summed E-state index contributed by atoms with van der Waals surface area (Å²) in [4.78, 5) is 0. The summed E-state index contributed by atoms with van der Waals surface area (Å²) in [5, 5.41) is 12.4. The van der Waals surface area contributed by atoms with Gasteiger partial charge >= 0.3 is 0 Å². The fourth-order valence-electron chi connectivity index (χ4n) is 3.96. The number of aliphatic hydroxyl groups is 1. The van der Waals surface area contributed by atoms with E-state index >= 15 is 0 Å². The SMILES string of the molecule is OC1(c2ccc(OCc3ccccc3)cc2)CC2CCCC(C1)S2. The molecule has 2 saturated heterocycles. The molecular formula is C21H24O2S. The van der Waals surface area contributed by atoms with Gasteiger partial charge in [-0.15, -0.1) is 0 Å². The second-order valence-electron chi connectivity index (χ2n) is 7.05. The number of rotatable bonds is 4. The van der Waals surface area contributed by atoms with Crippen molar-refractivity contribution in [2.75, 3.05) is 0 Å². The molecule has 2 aliphatic heterocycles. The van der Waals surface area contributed by atoms with Gasteiger partial charge in [0.25, 0.3) is 0 Å². The molecule has 2 atom stereocenters. The van der Waals surface area contributed by atoms with Crippen molar-refractivity contribution >= 4 is 11.8 Å². The van der Waals surface area contributed by atoms with Crippen LogP contribution in [0.2, 0.25) is 0 Å². The summed E-state index contributed by atoms with van der Waals surface area (Å²) in [5.41, 5.74) is 1.56. The molecule has 2 aromatic rings. The molecule has 4 rings (SSSR count). The number of hydrogen-bond acceptors (Lipinski definition) is 3. The maximum atomic E-state index is 11.2. The lowest BCUT2D eigenvalue weighted by atomic mass is 9.80. The highest BCUT2D eigenvalue weighted by atomic mass is 32.2. The van der Waals surface area contributed by atoms with Crippen LogP contribution in [0.4, 0.5) is 0 Å². The van der Waals surface area contributed by atoms with E-state index in [0.29, 0.717) is 17.1 Å². The minimum Gasteiger partial charge on any atom is -0.489 e. The Morgan fingerprint density at radius 1 is 0.958 bits per heavy atom. The highest BCUT2D eigenvalue weighted by Gasteiger charge is 2.42. The zero-order chi connectivity index (χ0) is 16.4. The molecule has 0 aromatic heterocycles. The van der Waals surface area contributed by atoms with Crippen molar-refractivity contribution < 1.29 is 9.84 Å². The maximum Gasteiger partial charge on any atom is 0.119 e. The number of benzene rings is 2. The smallest absolute Gasteiger partial charge is 0.119 e. The molecule has 0 amide bonds. The number of thioether (sulfide) groups is 1. The van der Waals surface area contributed by atoms with E-state index in [2.05, 4.69) is 23.9 Å². The summed E-state index contributed by atoms with van der Waals surface area (Å²) in [7, 11) is 0. The van der Waals surface area contributed by atoms with Gasteiger partial charge < -0.3 is 9.84 Å².